The fraction of sp³-hybridized carbons (Fsp3) is 0.217. The molecular formula is C23H22ClFN2O2S. The number of hydrogen-bond donors (Lipinski definition) is 0. The Balaban J connectivity index is 1.55. The van der Waals surface area contributed by atoms with E-state index in [0.717, 1.165) is 6.07 Å². The number of piperazine rings is 1. The molecule has 4 rings (SSSR count). The molecule has 0 amide bonds. The van der Waals surface area contributed by atoms with Gasteiger partial charge in [-0.25, -0.2) is 12.8 Å². The van der Waals surface area contributed by atoms with E-state index < -0.39 is 15.8 Å². The van der Waals surface area contributed by atoms with Gasteiger partial charge in [-0.3, -0.25) is 4.90 Å². The van der Waals surface area contributed by atoms with Crippen LogP contribution >= 0.6 is 11.6 Å². The van der Waals surface area contributed by atoms with Crippen molar-refractivity contribution in [2.24, 2.45) is 0 Å². The van der Waals surface area contributed by atoms with Crippen LogP contribution in [0.5, 0.6) is 0 Å². The van der Waals surface area contributed by atoms with Crippen LogP contribution in [0.15, 0.2) is 83.8 Å². The lowest BCUT2D eigenvalue weighted by Gasteiger charge is -2.39. The lowest BCUT2D eigenvalue weighted by atomic mass is 9.96. The molecule has 4 nitrogen and oxygen atoms in total. The van der Waals surface area contributed by atoms with Gasteiger partial charge in [-0.05, 0) is 29.3 Å². The van der Waals surface area contributed by atoms with Gasteiger partial charge in [-0.2, -0.15) is 4.31 Å². The average Bonchev–Trinajstić information content (AvgIpc) is 2.78. The molecule has 3 aromatic rings. The third-order valence-corrected chi connectivity index (χ3v) is 7.58. The molecule has 0 spiro atoms. The van der Waals surface area contributed by atoms with Crippen molar-refractivity contribution in [3.63, 3.8) is 0 Å². The topological polar surface area (TPSA) is 40.6 Å². The van der Waals surface area contributed by atoms with Gasteiger partial charge in [-0.1, -0.05) is 72.3 Å². The fourth-order valence-corrected chi connectivity index (χ4v) is 5.57. The maximum Gasteiger partial charge on any atom is 0.243 e. The van der Waals surface area contributed by atoms with Crippen molar-refractivity contribution in [2.75, 3.05) is 26.2 Å². The summed E-state index contributed by atoms with van der Waals surface area (Å²) < 4.78 is 40.9. The van der Waals surface area contributed by atoms with Gasteiger partial charge in [0.15, 0.2) is 0 Å². The van der Waals surface area contributed by atoms with Gasteiger partial charge in [0.2, 0.25) is 10.0 Å². The summed E-state index contributed by atoms with van der Waals surface area (Å²) in [5.74, 6) is -0.631. The van der Waals surface area contributed by atoms with E-state index in [1.54, 1.807) is 0 Å². The van der Waals surface area contributed by atoms with Crippen LogP contribution in [0.3, 0.4) is 0 Å². The first-order chi connectivity index (χ1) is 14.5. The molecule has 0 atom stereocenters. The summed E-state index contributed by atoms with van der Waals surface area (Å²) >= 11 is 5.79. The lowest BCUT2D eigenvalue weighted by Crippen LogP contribution is -2.49. The minimum absolute atomic E-state index is 0.0185. The summed E-state index contributed by atoms with van der Waals surface area (Å²) in [7, 11) is -3.72. The Morgan fingerprint density at radius 1 is 0.800 bits per heavy atom. The number of halogens is 2. The largest absolute Gasteiger partial charge is 0.290 e. The van der Waals surface area contributed by atoms with Crippen molar-refractivity contribution in [1.29, 1.82) is 0 Å². The van der Waals surface area contributed by atoms with E-state index in [9.17, 15) is 12.8 Å². The van der Waals surface area contributed by atoms with Gasteiger partial charge in [0.25, 0.3) is 0 Å². The fourth-order valence-electron chi connectivity index (χ4n) is 3.87. The molecule has 1 aliphatic heterocycles. The van der Waals surface area contributed by atoms with E-state index in [2.05, 4.69) is 29.2 Å². The third-order valence-electron chi connectivity index (χ3n) is 5.40. The molecule has 1 fully saturated rings. The zero-order valence-electron chi connectivity index (χ0n) is 16.3. The normalized spacial score (nSPS) is 16.1. The number of sulfonamides is 1. The highest BCUT2D eigenvalue weighted by Gasteiger charge is 2.32. The maximum atomic E-state index is 13.4. The Labute approximate surface area is 181 Å². The Morgan fingerprint density at radius 2 is 1.33 bits per heavy atom. The summed E-state index contributed by atoms with van der Waals surface area (Å²) in [6, 6.07) is 24.0. The summed E-state index contributed by atoms with van der Waals surface area (Å²) in [5.41, 5.74) is 2.34. The zero-order chi connectivity index (χ0) is 21.1. The van der Waals surface area contributed by atoms with Crippen molar-refractivity contribution < 1.29 is 12.8 Å². The smallest absolute Gasteiger partial charge is 0.243 e. The standard InChI is InChI=1S/C23H22ClFN2O2S/c24-21-17-20(11-12-22(21)25)30(28,29)27-15-13-26(14-16-27)23(18-7-3-1-4-8-18)19-9-5-2-6-10-19/h1-12,17,23H,13-16H2. The predicted molar refractivity (Wildman–Crippen MR) is 116 cm³/mol. The van der Waals surface area contributed by atoms with E-state index in [1.165, 1.54) is 27.6 Å². The van der Waals surface area contributed by atoms with Crippen LogP contribution in [0.2, 0.25) is 5.02 Å². The zero-order valence-corrected chi connectivity index (χ0v) is 17.9. The van der Waals surface area contributed by atoms with Crippen LogP contribution in [-0.4, -0.2) is 43.8 Å². The highest BCUT2D eigenvalue weighted by atomic mass is 35.5. The van der Waals surface area contributed by atoms with Gasteiger partial charge in [0.1, 0.15) is 5.82 Å². The minimum atomic E-state index is -3.72. The highest BCUT2D eigenvalue weighted by molar-refractivity contribution is 7.89. The molecule has 0 unspecified atom stereocenters. The minimum Gasteiger partial charge on any atom is -0.290 e. The monoisotopic (exact) mass is 444 g/mol. The van der Waals surface area contributed by atoms with Crippen molar-refractivity contribution >= 4 is 21.6 Å². The van der Waals surface area contributed by atoms with Crippen molar-refractivity contribution in [1.82, 2.24) is 9.21 Å². The Hall–Kier alpha value is -2.25. The summed E-state index contributed by atoms with van der Waals surface area (Å²) in [6.45, 7) is 1.88. The van der Waals surface area contributed by atoms with Gasteiger partial charge < -0.3 is 0 Å². The van der Waals surface area contributed by atoms with E-state index in [1.807, 2.05) is 36.4 Å². The SMILES string of the molecule is O=S(=O)(c1ccc(F)c(Cl)c1)N1CCN(C(c2ccccc2)c2ccccc2)CC1. The molecule has 0 radical (unpaired) electrons. The van der Waals surface area contributed by atoms with Crippen LogP contribution in [0.4, 0.5) is 4.39 Å². The molecule has 0 saturated carbocycles. The number of benzene rings is 3. The van der Waals surface area contributed by atoms with Gasteiger partial charge >= 0.3 is 0 Å². The lowest BCUT2D eigenvalue weighted by molar-refractivity contribution is 0.156. The third kappa shape index (κ3) is 4.27. The number of rotatable bonds is 5. The molecule has 0 bridgehead atoms. The van der Waals surface area contributed by atoms with Gasteiger partial charge in [-0.15, -0.1) is 0 Å². The Bertz CT molecular complexity index is 1060. The molecule has 0 N–H and O–H groups in total. The Morgan fingerprint density at radius 3 is 1.83 bits per heavy atom. The molecule has 30 heavy (non-hydrogen) atoms. The van der Waals surface area contributed by atoms with Crippen molar-refractivity contribution in [3.8, 4) is 0 Å². The molecule has 7 heteroatoms. The predicted octanol–water partition coefficient (Wildman–Crippen LogP) is 4.58. The highest BCUT2D eigenvalue weighted by Crippen LogP contribution is 2.31. The van der Waals surface area contributed by atoms with Crippen LogP contribution in [0.25, 0.3) is 0 Å². The summed E-state index contributed by atoms with van der Waals surface area (Å²) in [5, 5.41) is -0.192. The second-order valence-corrected chi connectivity index (χ2v) is 9.59. The van der Waals surface area contributed by atoms with Crippen LogP contribution < -0.4 is 0 Å². The van der Waals surface area contributed by atoms with E-state index in [4.69, 9.17) is 11.6 Å². The van der Waals surface area contributed by atoms with E-state index in [0.29, 0.717) is 26.2 Å². The first-order valence-electron chi connectivity index (χ1n) is 9.76. The quantitative estimate of drug-likeness (QED) is 0.578. The van der Waals surface area contributed by atoms with Crippen molar-refractivity contribution in [2.45, 2.75) is 10.9 Å². The molecule has 0 aromatic heterocycles. The summed E-state index contributed by atoms with van der Waals surface area (Å²) in [6.07, 6.45) is 0. The summed E-state index contributed by atoms with van der Waals surface area (Å²) in [4.78, 5) is 2.32. The first kappa shape index (κ1) is 21.0. The average molecular weight is 445 g/mol. The van der Waals surface area contributed by atoms with Gasteiger partial charge in [0.05, 0.1) is 16.0 Å². The van der Waals surface area contributed by atoms with Gasteiger partial charge in [0, 0.05) is 26.2 Å². The molecule has 0 aliphatic carbocycles. The van der Waals surface area contributed by atoms with Crippen LogP contribution in [0, 0.1) is 5.82 Å². The molecule has 3 aromatic carbocycles. The van der Waals surface area contributed by atoms with Crippen LogP contribution in [-0.2, 0) is 10.0 Å². The molecule has 156 valence electrons. The molecular weight excluding hydrogens is 423 g/mol. The van der Waals surface area contributed by atoms with Crippen LogP contribution in [0.1, 0.15) is 17.2 Å². The van der Waals surface area contributed by atoms with E-state index in [-0.39, 0.29) is 16.0 Å². The molecule has 1 aliphatic rings. The van der Waals surface area contributed by atoms with E-state index >= 15 is 0 Å². The Kier molecular flexibility index (Phi) is 6.20. The maximum absolute atomic E-state index is 13.4. The number of nitrogens with zero attached hydrogens (tertiary/aromatic N) is 2. The molecule has 1 heterocycles. The first-order valence-corrected chi connectivity index (χ1v) is 11.6. The number of hydrogen-bond acceptors (Lipinski definition) is 3. The van der Waals surface area contributed by atoms with Crippen molar-refractivity contribution in [3.05, 3.63) is 101 Å². The molecule has 1 saturated heterocycles. The second kappa shape index (κ2) is 8.86. The second-order valence-electron chi connectivity index (χ2n) is 7.24.